The highest BCUT2D eigenvalue weighted by Gasteiger charge is 2.38. The van der Waals surface area contributed by atoms with Crippen molar-refractivity contribution in [2.75, 3.05) is 11.1 Å². The predicted molar refractivity (Wildman–Crippen MR) is 64.1 cm³/mol. The molecule has 0 bridgehead atoms. The maximum atomic E-state index is 12.6. The third kappa shape index (κ3) is 2.86. The summed E-state index contributed by atoms with van der Waals surface area (Å²) in [5.41, 5.74) is 4.38. The van der Waals surface area contributed by atoms with Gasteiger partial charge < -0.3 is 11.1 Å². The lowest BCUT2D eigenvalue weighted by Crippen LogP contribution is -2.33. The van der Waals surface area contributed by atoms with Crippen LogP contribution >= 0.6 is 0 Å². The molecule has 0 unspecified atom stereocenters. The van der Waals surface area contributed by atoms with Crippen molar-refractivity contribution in [2.45, 2.75) is 38.4 Å². The van der Waals surface area contributed by atoms with Crippen molar-refractivity contribution in [2.24, 2.45) is 5.92 Å². The van der Waals surface area contributed by atoms with Crippen LogP contribution in [0.2, 0.25) is 0 Å². The first-order chi connectivity index (χ1) is 8.18. The Labute approximate surface area is 104 Å². The second-order valence-corrected chi connectivity index (χ2v) is 5.28. The molecule has 1 aliphatic rings. The molecule has 1 fully saturated rings. The third-order valence-corrected chi connectivity index (χ3v) is 3.22. The zero-order chi connectivity index (χ0) is 13.6. The maximum absolute atomic E-state index is 12.6. The molecule has 0 saturated heterocycles. The Kier molecular flexibility index (Phi) is 2.91. The molecule has 3 nitrogen and oxygen atoms in total. The van der Waals surface area contributed by atoms with Gasteiger partial charge in [-0.15, -0.1) is 0 Å². The average Bonchev–Trinajstić information content (AvgIpc) is 2.96. The van der Waals surface area contributed by atoms with E-state index in [4.69, 9.17) is 5.73 Å². The van der Waals surface area contributed by atoms with Crippen LogP contribution in [0.1, 0.15) is 32.3 Å². The molecule has 0 spiro atoms. The molecular formula is C12H16F3N3. The van der Waals surface area contributed by atoms with Gasteiger partial charge in [0.05, 0.1) is 5.56 Å². The Balaban J connectivity index is 2.25. The van der Waals surface area contributed by atoms with Gasteiger partial charge in [0.2, 0.25) is 0 Å². The quantitative estimate of drug-likeness (QED) is 0.875. The van der Waals surface area contributed by atoms with E-state index in [1.54, 1.807) is 0 Å². The predicted octanol–water partition coefficient (Wildman–Crippen LogP) is 3.28. The monoisotopic (exact) mass is 259 g/mol. The number of hydrogen-bond acceptors (Lipinski definition) is 3. The summed E-state index contributed by atoms with van der Waals surface area (Å²) in [5.74, 6) is 0.535. The molecule has 6 heteroatoms. The van der Waals surface area contributed by atoms with Crippen LogP contribution in [-0.4, -0.2) is 10.5 Å². The third-order valence-electron chi connectivity index (χ3n) is 3.22. The number of aromatic nitrogens is 1. The van der Waals surface area contributed by atoms with Crippen LogP contribution in [0, 0.1) is 5.92 Å². The number of nitrogens with one attached hydrogen (secondary N) is 1. The van der Waals surface area contributed by atoms with Gasteiger partial charge in [0.15, 0.2) is 0 Å². The molecule has 0 aliphatic heterocycles. The van der Waals surface area contributed by atoms with Crippen LogP contribution in [0.4, 0.5) is 24.8 Å². The van der Waals surface area contributed by atoms with E-state index in [0.717, 1.165) is 25.0 Å². The van der Waals surface area contributed by atoms with Crippen LogP contribution < -0.4 is 11.1 Å². The van der Waals surface area contributed by atoms with Crippen LogP contribution in [0.25, 0.3) is 0 Å². The number of anilines is 2. The first-order valence-electron chi connectivity index (χ1n) is 5.81. The number of pyridine rings is 1. The number of halogens is 3. The van der Waals surface area contributed by atoms with Crippen LogP contribution in [0.3, 0.4) is 0 Å². The summed E-state index contributed by atoms with van der Waals surface area (Å²) >= 11 is 0. The molecule has 1 aromatic rings. The summed E-state index contributed by atoms with van der Waals surface area (Å²) in [4.78, 5) is 3.91. The van der Waals surface area contributed by atoms with Gasteiger partial charge >= 0.3 is 6.18 Å². The first kappa shape index (κ1) is 13.0. The number of nitrogens with two attached hydrogens (primary N) is 1. The summed E-state index contributed by atoms with van der Waals surface area (Å²) in [5, 5.41) is 3.04. The fraction of sp³-hybridized carbons (Fsp3) is 0.583. The molecule has 0 atom stereocenters. The minimum atomic E-state index is -4.41. The van der Waals surface area contributed by atoms with Crippen LogP contribution in [0.5, 0.6) is 0 Å². The zero-order valence-corrected chi connectivity index (χ0v) is 10.3. The molecule has 3 N–H and O–H groups in total. The summed E-state index contributed by atoms with van der Waals surface area (Å²) in [6.07, 6.45) is -2.22. The first-order valence-corrected chi connectivity index (χ1v) is 5.81. The molecule has 18 heavy (non-hydrogen) atoms. The molecule has 1 saturated carbocycles. The zero-order valence-electron chi connectivity index (χ0n) is 10.3. The van der Waals surface area contributed by atoms with Gasteiger partial charge in [0.25, 0.3) is 0 Å². The van der Waals surface area contributed by atoms with Gasteiger partial charge in [-0.05, 0) is 44.7 Å². The Morgan fingerprint density at radius 3 is 2.39 bits per heavy atom. The number of rotatable bonds is 3. The second kappa shape index (κ2) is 4.03. The Morgan fingerprint density at radius 2 is 1.89 bits per heavy atom. The molecule has 100 valence electrons. The minimum absolute atomic E-state index is 0.126. The van der Waals surface area contributed by atoms with E-state index < -0.39 is 11.7 Å². The van der Waals surface area contributed by atoms with Crippen molar-refractivity contribution in [1.82, 2.24) is 4.98 Å². The summed E-state index contributed by atoms with van der Waals surface area (Å²) in [7, 11) is 0. The number of alkyl halides is 3. The second-order valence-electron chi connectivity index (χ2n) is 5.28. The molecule has 0 radical (unpaired) electrons. The smallest absolute Gasteiger partial charge is 0.384 e. The minimum Gasteiger partial charge on any atom is -0.384 e. The van der Waals surface area contributed by atoms with E-state index in [2.05, 4.69) is 10.3 Å². The van der Waals surface area contributed by atoms with Crippen molar-refractivity contribution in [3.63, 3.8) is 0 Å². The van der Waals surface area contributed by atoms with E-state index >= 15 is 0 Å². The van der Waals surface area contributed by atoms with Gasteiger partial charge in [0.1, 0.15) is 11.6 Å². The van der Waals surface area contributed by atoms with Crippen molar-refractivity contribution in [1.29, 1.82) is 0 Å². The van der Waals surface area contributed by atoms with Crippen molar-refractivity contribution in [3.05, 3.63) is 17.7 Å². The van der Waals surface area contributed by atoms with Crippen molar-refractivity contribution >= 4 is 11.6 Å². The molecule has 1 aromatic heterocycles. The van der Waals surface area contributed by atoms with E-state index in [9.17, 15) is 13.2 Å². The summed E-state index contributed by atoms with van der Waals surface area (Å²) in [6, 6.07) is 1.84. The molecule has 1 heterocycles. The van der Waals surface area contributed by atoms with E-state index in [0.29, 0.717) is 5.92 Å². The van der Waals surface area contributed by atoms with Gasteiger partial charge in [-0.1, -0.05) is 0 Å². The van der Waals surface area contributed by atoms with Crippen molar-refractivity contribution < 1.29 is 13.2 Å². The highest BCUT2D eigenvalue weighted by molar-refractivity contribution is 5.49. The van der Waals surface area contributed by atoms with E-state index in [-0.39, 0.29) is 17.2 Å². The molecule has 0 aromatic carbocycles. The molecule has 2 rings (SSSR count). The van der Waals surface area contributed by atoms with Crippen LogP contribution in [0.15, 0.2) is 12.1 Å². The Bertz CT molecular complexity index is 450. The highest BCUT2D eigenvalue weighted by Crippen LogP contribution is 2.41. The van der Waals surface area contributed by atoms with Gasteiger partial charge in [0, 0.05) is 5.54 Å². The van der Waals surface area contributed by atoms with Gasteiger partial charge in [-0.3, -0.25) is 0 Å². The summed E-state index contributed by atoms with van der Waals surface area (Å²) in [6.45, 7) is 3.92. The number of hydrogen-bond donors (Lipinski definition) is 2. The Morgan fingerprint density at radius 1 is 1.28 bits per heavy atom. The summed E-state index contributed by atoms with van der Waals surface area (Å²) < 4.78 is 37.9. The van der Waals surface area contributed by atoms with E-state index in [1.165, 1.54) is 0 Å². The van der Waals surface area contributed by atoms with Crippen LogP contribution in [-0.2, 0) is 6.18 Å². The maximum Gasteiger partial charge on any atom is 0.416 e. The fourth-order valence-corrected chi connectivity index (χ4v) is 2.02. The number of nitrogen functional groups attached to an aromatic ring is 1. The normalized spacial score (nSPS) is 16.7. The largest absolute Gasteiger partial charge is 0.416 e. The van der Waals surface area contributed by atoms with Gasteiger partial charge in [-0.25, -0.2) is 4.98 Å². The number of nitrogens with zero attached hydrogens (tertiary/aromatic N) is 1. The lowest BCUT2D eigenvalue weighted by atomic mass is 9.99. The lowest BCUT2D eigenvalue weighted by Gasteiger charge is -2.27. The van der Waals surface area contributed by atoms with E-state index in [1.807, 2.05) is 13.8 Å². The SMILES string of the molecule is CC(C)(Nc1cc(C(F)(F)F)cc(N)n1)C1CC1. The molecule has 1 aliphatic carbocycles. The molecule has 0 amide bonds. The molecular weight excluding hydrogens is 243 g/mol. The van der Waals surface area contributed by atoms with Gasteiger partial charge in [-0.2, -0.15) is 13.2 Å². The average molecular weight is 259 g/mol. The topological polar surface area (TPSA) is 50.9 Å². The lowest BCUT2D eigenvalue weighted by molar-refractivity contribution is -0.137. The highest BCUT2D eigenvalue weighted by atomic mass is 19.4. The standard InChI is InChI=1S/C12H16F3N3/c1-11(2,7-3-4-7)18-10-6-8(12(13,14)15)5-9(16)17-10/h5-7H,3-4H2,1-2H3,(H3,16,17,18). The Hall–Kier alpha value is -1.46. The fourth-order valence-electron chi connectivity index (χ4n) is 2.02. The van der Waals surface area contributed by atoms with Crippen molar-refractivity contribution in [3.8, 4) is 0 Å².